The molecule has 0 aliphatic rings. The third kappa shape index (κ3) is 4.65. The fourth-order valence-corrected chi connectivity index (χ4v) is 1.79. The van der Waals surface area contributed by atoms with E-state index in [1.54, 1.807) is 0 Å². The maximum atomic E-state index is 5.50. The average molecular weight is 267 g/mol. The monoisotopic (exact) mass is 267 g/mol. The molecule has 0 bridgehead atoms. The molecule has 1 rings (SSSR count). The second-order valence-corrected chi connectivity index (χ2v) is 4.50. The topological polar surface area (TPSA) is 85.1 Å². The van der Waals surface area contributed by atoms with Crippen LogP contribution in [0.5, 0.6) is 0 Å². The fourth-order valence-electron chi connectivity index (χ4n) is 1.79. The number of aryl methyl sites for hydroxylation is 1. The molecular weight excluding hydrogens is 242 g/mol. The lowest BCUT2D eigenvalue weighted by Crippen LogP contribution is -2.22. The summed E-state index contributed by atoms with van der Waals surface area (Å²) >= 11 is 0. The molecule has 0 saturated heterocycles. The van der Waals surface area contributed by atoms with E-state index in [-0.39, 0.29) is 6.10 Å². The number of nitrogens with zero attached hydrogens (tertiary/aromatic N) is 2. The van der Waals surface area contributed by atoms with Gasteiger partial charge in [-0.3, -0.25) is 0 Å². The number of nitrogens with two attached hydrogens (primary N) is 1. The molecular formula is C13H25N5O. The minimum atomic E-state index is 0.142. The van der Waals surface area contributed by atoms with Gasteiger partial charge in [-0.1, -0.05) is 6.92 Å². The second-order valence-electron chi connectivity index (χ2n) is 4.50. The molecule has 0 radical (unpaired) electrons. The average Bonchev–Trinajstić information content (AvgIpc) is 2.39. The van der Waals surface area contributed by atoms with Crippen molar-refractivity contribution in [1.29, 1.82) is 0 Å². The van der Waals surface area contributed by atoms with Crippen molar-refractivity contribution in [3.8, 4) is 0 Å². The summed E-state index contributed by atoms with van der Waals surface area (Å²) in [5, 5.41) is 3.30. The minimum Gasteiger partial charge on any atom is -0.377 e. The van der Waals surface area contributed by atoms with Gasteiger partial charge < -0.3 is 15.5 Å². The Kier molecular flexibility index (Phi) is 6.52. The third-order valence-electron chi connectivity index (χ3n) is 2.81. The van der Waals surface area contributed by atoms with Crippen LogP contribution in [0.15, 0.2) is 0 Å². The molecule has 0 aliphatic heterocycles. The summed E-state index contributed by atoms with van der Waals surface area (Å²) in [6.45, 7) is 9.48. The molecule has 1 aromatic heterocycles. The Morgan fingerprint density at radius 1 is 1.26 bits per heavy atom. The van der Waals surface area contributed by atoms with Crippen LogP contribution in [0.3, 0.4) is 0 Å². The number of anilines is 2. The lowest BCUT2D eigenvalue weighted by molar-refractivity contribution is 0.0854. The van der Waals surface area contributed by atoms with Crippen LogP contribution in [-0.4, -0.2) is 29.2 Å². The molecule has 1 aromatic rings. The maximum Gasteiger partial charge on any atom is 0.148 e. The smallest absolute Gasteiger partial charge is 0.148 e. The van der Waals surface area contributed by atoms with E-state index in [0.29, 0.717) is 19.0 Å². The molecule has 0 fully saturated rings. The Labute approximate surface area is 115 Å². The summed E-state index contributed by atoms with van der Waals surface area (Å²) in [7, 11) is 0. The molecule has 0 saturated carbocycles. The van der Waals surface area contributed by atoms with E-state index in [9.17, 15) is 0 Å². The van der Waals surface area contributed by atoms with Crippen molar-refractivity contribution >= 4 is 11.6 Å². The van der Waals surface area contributed by atoms with Crippen LogP contribution < -0.4 is 16.6 Å². The quantitative estimate of drug-likeness (QED) is 0.492. The third-order valence-corrected chi connectivity index (χ3v) is 2.81. The number of aromatic nitrogens is 2. The Morgan fingerprint density at radius 3 is 2.53 bits per heavy atom. The first-order valence-electron chi connectivity index (χ1n) is 6.81. The standard InChI is InChI=1S/C13H25N5O/c1-5-7-11-16-12(10(4)13(17-11)18-14)15-8-9(3)19-6-2/h9H,5-8,14H2,1-4H3,(H2,15,16,17,18). The first-order valence-corrected chi connectivity index (χ1v) is 6.81. The van der Waals surface area contributed by atoms with Crippen molar-refractivity contribution < 1.29 is 4.74 Å². The Morgan fingerprint density at radius 2 is 1.95 bits per heavy atom. The summed E-state index contributed by atoms with van der Waals surface area (Å²) in [6.07, 6.45) is 1.98. The van der Waals surface area contributed by atoms with Crippen molar-refractivity contribution in [2.24, 2.45) is 5.84 Å². The number of hydrazine groups is 1. The van der Waals surface area contributed by atoms with Crippen LogP contribution in [0, 0.1) is 6.92 Å². The zero-order valence-corrected chi connectivity index (χ0v) is 12.3. The Hall–Kier alpha value is -1.40. The van der Waals surface area contributed by atoms with Gasteiger partial charge in [0.15, 0.2) is 0 Å². The van der Waals surface area contributed by atoms with E-state index in [0.717, 1.165) is 30.0 Å². The van der Waals surface area contributed by atoms with Crippen LogP contribution >= 0.6 is 0 Å². The molecule has 0 aromatic carbocycles. The number of hydrogen-bond acceptors (Lipinski definition) is 6. The predicted molar refractivity (Wildman–Crippen MR) is 78.2 cm³/mol. The predicted octanol–water partition coefficient (Wildman–Crippen LogP) is 1.86. The molecule has 6 nitrogen and oxygen atoms in total. The second kappa shape index (κ2) is 7.91. The summed E-state index contributed by atoms with van der Waals surface area (Å²) in [6, 6.07) is 0. The van der Waals surface area contributed by atoms with E-state index < -0.39 is 0 Å². The van der Waals surface area contributed by atoms with Gasteiger partial charge >= 0.3 is 0 Å². The van der Waals surface area contributed by atoms with E-state index in [2.05, 4.69) is 27.6 Å². The first kappa shape index (κ1) is 15.7. The molecule has 4 N–H and O–H groups in total. The molecule has 19 heavy (non-hydrogen) atoms. The molecule has 0 aliphatic carbocycles. The summed E-state index contributed by atoms with van der Waals surface area (Å²) in [5.74, 6) is 7.78. The van der Waals surface area contributed by atoms with Gasteiger partial charge in [-0.15, -0.1) is 0 Å². The highest BCUT2D eigenvalue weighted by molar-refractivity contribution is 5.56. The molecule has 0 spiro atoms. The van der Waals surface area contributed by atoms with Crippen LogP contribution in [0.4, 0.5) is 11.6 Å². The minimum absolute atomic E-state index is 0.142. The molecule has 1 atom stereocenters. The lowest BCUT2D eigenvalue weighted by atomic mass is 10.2. The number of nitrogen functional groups attached to an aromatic ring is 1. The fraction of sp³-hybridized carbons (Fsp3) is 0.692. The van der Waals surface area contributed by atoms with Crippen LogP contribution in [0.2, 0.25) is 0 Å². The molecule has 0 amide bonds. The van der Waals surface area contributed by atoms with Gasteiger partial charge in [0.05, 0.1) is 6.10 Å². The van der Waals surface area contributed by atoms with Crippen molar-refractivity contribution in [3.63, 3.8) is 0 Å². The van der Waals surface area contributed by atoms with Gasteiger partial charge in [0.1, 0.15) is 17.5 Å². The highest BCUT2D eigenvalue weighted by atomic mass is 16.5. The summed E-state index contributed by atoms with van der Waals surface area (Å²) in [4.78, 5) is 8.92. The highest BCUT2D eigenvalue weighted by Gasteiger charge is 2.10. The summed E-state index contributed by atoms with van der Waals surface area (Å²) in [5.41, 5.74) is 3.55. The number of hydrogen-bond donors (Lipinski definition) is 3. The zero-order valence-electron chi connectivity index (χ0n) is 12.3. The molecule has 6 heteroatoms. The van der Waals surface area contributed by atoms with Crippen molar-refractivity contribution in [3.05, 3.63) is 11.4 Å². The largest absolute Gasteiger partial charge is 0.377 e. The van der Waals surface area contributed by atoms with E-state index in [1.165, 1.54) is 0 Å². The summed E-state index contributed by atoms with van der Waals surface area (Å²) < 4.78 is 5.49. The molecule has 1 heterocycles. The number of nitrogens with one attached hydrogen (secondary N) is 2. The van der Waals surface area contributed by atoms with E-state index in [1.807, 2.05) is 20.8 Å². The Balaban J connectivity index is 2.82. The van der Waals surface area contributed by atoms with Crippen LogP contribution in [0.25, 0.3) is 0 Å². The first-order chi connectivity index (χ1) is 9.12. The number of ether oxygens (including phenoxy) is 1. The van der Waals surface area contributed by atoms with Gasteiger partial charge in [0.25, 0.3) is 0 Å². The lowest BCUT2D eigenvalue weighted by Gasteiger charge is -2.16. The van der Waals surface area contributed by atoms with Gasteiger partial charge in [-0.2, -0.15) is 0 Å². The number of rotatable bonds is 8. The van der Waals surface area contributed by atoms with Gasteiger partial charge in [0, 0.05) is 25.1 Å². The van der Waals surface area contributed by atoms with E-state index >= 15 is 0 Å². The Bertz CT molecular complexity index is 397. The van der Waals surface area contributed by atoms with Gasteiger partial charge in [-0.05, 0) is 27.2 Å². The van der Waals surface area contributed by atoms with Crippen molar-refractivity contribution in [1.82, 2.24) is 9.97 Å². The van der Waals surface area contributed by atoms with Crippen LogP contribution in [-0.2, 0) is 11.2 Å². The highest BCUT2D eigenvalue weighted by Crippen LogP contribution is 2.19. The van der Waals surface area contributed by atoms with Gasteiger partial charge in [0.2, 0.25) is 0 Å². The normalized spacial score (nSPS) is 12.3. The zero-order chi connectivity index (χ0) is 14.3. The van der Waals surface area contributed by atoms with Gasteiger partial charge in [-0.25, -0.2) is 15.8 Å². The maximum absolute atomic E-state index is 5.50. The SMILES string of the molecule is CCCc1nc(NN)c(C)c(NCC(C)OCC)n1. The van der Waals surface area contributed by atoms with Crippen molar-refractivity contribution in [2.45, 2.75) is 46.6 Å². The molecule has 108 valence electrons. The van der Waals surface area contributed by atoms with Crippen LogP contribution in [0.1, 0.15) is 38.6 Å². The van der Waals surface area contributed by atoms with Crippen molar-refractivity contribution in [2.75, 3.05) is 23.9 Å². The van der Waals surface area contributed by atoms with E-state index in [4.69, 9.17) is 10.6 Å². The molecule has 1 unspecified atom stereocenters.